The Bertz CT molecular complexity index is 749. The minimum absolute atomic E-state index is 0.155. The van der Waals surface area contributed by atoms with Crippen LogP contribution in [0.5, 0.6) is 11.5 Å². The molecule has 0 amide bonds. The Balaban J connectivity index is 2.46. The molecule has 2 aromatic rings. The Labute approximate surface area is 129 Å². The van der Waals surface area contributed by atoms with Crippen molar-refractivity contribution in [1.29, 1.82) is 5.26 Å². The summed E-state index contributed by atoms with van der Waals surface area (Å²) in [5.74, 6) is -0.265. The molecule has 0 saturated carbocycles. The second-order valence-electron chi connectivity index (χ2n) is 4.32. The average Bonchev–Trinajstić information content (AvgIpc) is 2.75. The molecular formula is C14H11BrFN3O2. The van der Waals surface area contributed by atoms with Crippen LogP contribution in [0.2, 0.25) is 0 Å². The van der Waals surface area contributed by atoms with Gasteiger partial charge in [0.1, 0.15) is 17.3 Å². The number of aromatic nitrogens is 2. The lowest BCUT2D eigenvalue weighted by atomic mass is 10.2. The fourth-order valence-corrected chi connectivity index (χ4v) is 2.24. The molecule has 0 aliphatic rings. The monoisotopic (exact) mass is 351 g/mol. The molecular weight excluding hydrogens is 341 g/mol. The molecule has 0 fully saturated rings. The van der Waals surface area contributed by atoms with E-state index in [1.807, 2.05) is 6.07 Å². The number of hydrogen-bond acceptors (Lipinski definition) is 4. The summed E-state index contributed by atoms with van der Waals surface area (Å²) >= 11 is 3.27. The number of ether oxygens (including phenoxy) is 1. The summed E-state index contributed by atoms with van der Waals surface area (Å²) in [4.78, 5) is 11.5. The predicted octanol–water partition coefficient (Wildman–Crippen LogP) is 3.55. The second-order valence-corrected chi connectivity index (χ2v) is 4.88. The summed E-state index contributed by atoms with van der Waals surface area (Å²) in [7, 11) is 0. The van der Waals surface area contributed by atoms with E-state index in [2.05, 4.69) is 21.0 Å². The van der Waals surface area contributed by atoms with Crippen LogP contribution in [-0.4, -0.2) is 15.7 Å². The van der Waals surface area contributed by atoms with Crippen molar-refractivity contribution >= 4 is 21.8 Å². The van der Waals surface area contributed by atoms with Crippen molar-refractivity contribution in [3.63, 3.8) is 0 Å². The molecule has 1 aromatic heterocycles. The van der Waals surface area contributed by atoms with Crippen molar-refractivity contribution in [2.45, 2.75) is 19.2 Å². The first-order chi connectivity index (χ1) is 9.96. The molecule has 1 heterocycles. The van der Waals surface area contributed by atoms with Crippen molar-refractivity contribution in [3.8, 4) is 17.6 Å². The van der Waals surface area contributed by atoms with Gasteiger partial charge in [-0.2, -0.15) is 10.4 Å². The summed E-state index contributed by atoms with van der Waals surface area (Å²) in [6.45, 7) is 3.07. The number of nitrogens with zero attached hydrogens (tertiary/aromatic N) is 3. The molecule has 21 heavy (non-hydrogen) atoms. The first-order valence-corrected chi connectivity index (χ1v) is 7.12. The molecule has 108 valence electrons. The van der Waals surface area contributed by atoms with Crippen molar-refractivity contribution in [2.75, 3.05) is 0 Å². The molecule has 2 rings (SSSR count). The summed E-state index contributed by atoms with van der Waals surface area (Å²) < 4.78 is 20.3. The van der Waals surface area contributed by atoms with Crippen molar-refractivity contribution < 1.29 is 13.9 Å². The highest BCUT2D eigenvalue weighted by molar-refractivity contribution is 9.08. The van der Waals surface area contributed by atoms with Gasteiger partial charge in [0.2, 0.25) is 5.91 Å². The predicted molar refractivity (Wildman–Crippen MR) is 77.1 cm³/mol. The molecule has 0 aliphatic heterocycles. The van der Waals surface area contributed by atoms with E-state index in [0.29, 0.717) is 22.5 Å². The third-order valence-electron chi connectivity index (χ3n) is 2.77. The Morgan fingerprint density at radius 3 is 2.81 bits per heavy atom. The van der Waals surface area contributed by atoms with E-state index in [1.54, 1.807) is 6.92 Å². The van der Waals surface area contributed by atoms with Crippen LogP contribution in [0.15, 0.2) is 18.2 Å². The number of nitriles is 1. The number of hydrogen-bond donors (Lipinski definition) is 0. The summed E-state index contributed by atoms with van der Waals surface area (Å²) in [6, 6.07) is 5.56. The first-order valence-electron chi connectivity index (χ1n) is 6.00. The largest absolute Gasteiger partial charge is 0.453 e. The van der Waals surface area contributed by atoms with Crippen LogP contribution in [-0.2, 0) is 5.33 Å². The number of rotatable bonds is 3. The molecule has 5 nitrogen and oxygen atoms in total. The maximum absolute atomic E-state index is 13.4. The van der Waals surface area contributed by atoms with E-state index in [4.69, 9.17) is 10.00 Å². The lowest BCUT2D eigenvalue weighted by Crippen LogP contribution is -2.09. The van der Waals surface area contributed by atoms with E-state index in [0.717, 1.165) is 6.07 Å². The standard InChI is InChI=1S/C14H11BrFN3O2/c1-8-14(13(6-15)18-19(8)9(2)20)21-12-4-10(7-17)3-11(16)5-12/h3-5H,6H2,1-2H3. The fraction of sp³-hybridized carbons (Fsp3) is 0.214. The summed E-state index contributed by atoms with van der Waals surface area (Å²) in [5, 5.41) is 13.3. The number of halogens is 2. The third-order valence-corrected chi connectivity index (χ3v) is 3.31. The minimum atomic E-state index is -0.568. The molecule has 0 atom stereocenters. The first kappa shape index (κ1) is 15.2. The molecule has 1 aromatic carbocycles. The van der Waals surface area contributed by atoms with E-state index < -0.39 is 5.82 Å². The van der Waals surface area contributed by atoms with Gasteiger partial charge in [0, 0.05) is 13.0 Å². The van der Waals surface area contributed by atoms with Gasteiger partial charge in [-0.3, -0.25) is 4.79 Å². The smallest absolute Gasteiger partial charge is 0.244 e. The van der Waals surface area contributed by atoms with E-state index in [-0.39, 0.29) is 17.2 Å². The highest BCUT2D eigenvalue weighted by atomic mass is 79.9. The van der Waals surface area contributed by atoms with Crippen LogP contribution in [0.3, 0.4) is 0 Å². The van der Waals surface area contributed by atoms with Crippen molar-refractivity contribution in [2.24, 2.45) is 0 Å². The zero-order valence-electron chi connectivity index (χ0n) is 11.4. The van der Waals surface area contributed by atoms with Crippen LogP contribution in [0, 0.1) is 24.1 Å². The van der Waals surface area contributed by atoms with Gasteiger partial charge in [0.15, 0.2) is 5.75 Å². The molecule has 0 unspecified atom stereocenters. The third kappa shape index (κ3) is 3.11. The molecule has 0 aliphatic carbocycles. The van der Waals surface area contributed by atoms with Crippen LogP contribution >= 0.6 is 15.9 Å². The van der Waals surface area contributed by atoms with Gasteiger partial charge in [0.05, 0.1) is 22.7 Å². The Kier molecular flexibility index (Phi) is 4.38. The SMILES string of the molecule is CC(=O)n1nc(CBr)c(Oc2cc(F)cc(C#N)c2)c1C. The summed E-state index contributed by atoms with van der Waals surface area (Å²) in [6.07, 6.45) is 0. The van der Waals surface area contributed by atoms with Crippen LogP contribution < -0.4 is 4.74 Å². The lowest BCUT2D eigenvalue weighted by molar-refractivity contribution is 0.0918. The van der Waals surface area contributed by atoms with Gasteiger partial charge < -0.3 is 4.74 Å². The van der Waals surface area contributed by atoms with E-state index in [1.165, 1.54) is 23.7 Å². The van der Waals surface area contributed by atoms with Gasteiger partial charge in [-0.15, -0.1) is 0 Å². The lowest BCUT2D eigenvalue weighted by Gasteiger charge is -2.07. The highest BCUT2D eigenvalue weighted by Gasteiger charge is 2.18. The molecule has 7 heteroatoms. The maximum atomic E-state index is 13.4. The van der Waals surface area contributed by atoms with Gasteiger partial charge in [-0.1, -0.05) is 15.9 Å². The second kappa shape index (κ2) is 6.06. The van der Waals surface area contributed by atoms with Gasteiger partial charge >= 0.3 is 0 Å². The average molecular weight is 352 g/mol. The van der Waals surface area contributed by atoms with Crippen LogP contribution in [0.25, 0.3) is 0 Å². The van der Waals surface area contributed by atoms with Gasteiger partial charge in [0.25, 0.3) is 0 Å². The minimum Gasteiger partial charge on any atom is -0.453 e. The van der Waals surface area contributed by atoms with E-state index in [9.17, 15) is 9.18 Å². The van der Waals surface area contributed by atoms with Crippen LogP contribution in [0.4, 0.5) is 4.39 Å². The van der Waals surface area contributed by atoms with Gasteiger partial charge in [-0.25, -0.2) is 9.07 Å². The number of alkyl halides is 1. The molecule has 0 saturated heterocycles. The summed E-state index contributed by atoms with van der Waals surface area (Å²) in [5.41, 5.74) is 1.19. The Hall–Kier alpha value is -2.20. The Morgan fingerprint density at radius 2 is 2.24 bits per heavy atom. The van der Waals surface area contributed by atoms with Crippen molar-refractivity contribution in [3.05, 3.63) is 41.0 Å². The molecule has 0 spiro atoms. The number of carbonyl (C=O) groups is 1. The molecule has 0 radical (unpaired) electrons. The Morgan fingerprint density at radius 1 is 1.52 bits per heavy atom. The zero-order chi connectivity index (χ0) is 15.6. The maximum Gasteiger partial charge on any atom is 0.244 e. The normalized spacial score (nSPS) is 10.2. The topological polar surface area (TPSA) is 67.9 Å². The number of benzene rings is 1. The molecule has 0 N–H and O–H groups in total. The zero-order valence-corrected chi connectivity index (χ0v) is 12.9. The quantitative estimate of drug-likeness (QED) is 0.793. The van der Waals surface area contributed by atoms with Crippen molar-refractivity contribution in [1.82, 2.24) is 9.78 Å². The number of carbonyl (C=O) groups excluding carboxylic acids is 1. The fourth-order valence-electron chi connectivity index (χ4n) is 1.88. The van der Waals surface area contributed by atoms with Crippen LogP contribution in [0.1, 0.15) is 28.7 Å². The highest BCUT2D eigenvalue weighted by Crippen LogP contribution is 2.31. The van der Waals surface area contributed by atoms with E-state index >= 15 is 0 Å². The van der Waals surface area contributed by atoms with Gasteiger partial charge in [-0.05, 0) is 19.1 Å². The molecule has 0 bridgehead atoms.